The van der Waals surface area contributed by atoms with E-state index in [9.17, 15) is 14.0 Å². The monoisotopic (exact) mass is 388 g/mol. The summed E-state index contributed by atoms with van der Waals surface area (Å²) in [5.74, 6) is -1.25. The average Bonchev–Trinajstić information content (AvgIpc) is 3.14. The Balaban J connectivity index is 1.54. The van der Waals surface area contributed by atoms with Crippen LogP contribution in [0.3, 0.4) is 0 Å². The molecule has 2 N–H and O–H groups in total. The third kappa shape index (κ3) is 4.86. The van der Waals surface area contributed by atoms with Crippen molar-refractivity contribution in [2.75, 3.05) is 0 Å². The third-order valence-electron chi connectivity index (χ3n) is 3.48. The number of halogens is 2. The number of hydrogen-bond donors (Lipinski definition) is 2. The molecule has 0 fully saturated rings. The van der Waals surface area contributed by atoms with E-state index < -0.39 is 17.6 Å². The molecule has 1 aromatic heterocycles. The molecule has 138 valence electrons. The number of carbonyl (C=O) groups is 2. The number of benzene rings is 2. The number of hydrogen-bond acceptors (Lipinski definition) is 4. The van der Waals surface area contributed by atoms with Crippen LogP contribution in [-0.4, -0.2) is 11.8 Å². The Morgan fingerprint density at radius 2 is 1.74 bits per heavy atom. The molecule has 0 aliphatic carbocycles. The molecule has 3 aromatic rings. The van der Waals surface area contributed by atoms with E-state index in [0.717, 1.165) is 6.07 Å². The van der Waals surface area contributed by atoms with Gasteiger partial charge in [0.1, 0.15) is 23.9 Å². The summed E-state index contributed by atoms with van der Waals surface area (Å²) in [4.78, 5) is 23.9. The van der Waals surface area contributed by atoms with Gasteiger partial charge in [0.05, 0.1) is 5.56 Å². The van der Waals surface area contributed by atoms with Crippen molar-refractivity contribution in [1.29, 1.82) is 0 Å². The van der Waals surface area contributed by atoms with Gasteiger partial charge in [-0.3, -0.25) is 20.4 Å². The van der Waals surface area contributed by atoms with Gasteiger partial charge in [0.25, 0.3) is 5.91 Å². The second kappa shape index (κ2) is 8.37. The van der Waals surface area contributed by atoms with Gasteiger partial charge in [-0.15, -0.1) is 0 Å². The molecule has 2 amide bonds. The first-order chi connectivity index (χ1) is 13.0. The molecule has 0 saturated heterocycles. The van der Waals surface area contributed by atoms with E-state index in [1.807, 2.05) is 18.2 Å². The topological polar surface area (TPSA) is 80.6 Å². The van der Waals surface area contributed by atoms with E-state index in [1.54, 1.807) is 18.2 Å². The standard InChI is InChI=1S/C19H14ClFN2O4/c20-12-6-8-15(16(21)10-12)18(24)22-23-19(25)17-9-7-14(27-17)11-26-13-4-2-1-3-5-13/h1-10H,11H2,(H,22,24)(H,23,25). The van der Waals surface area contributed by atoms with Crippen molar-refractivity contribution in [3.63, 3.8) is 0 Å². The van der Waals surface area contributed by atoms with E-state index in [-0.39, 0.29) is 23.0 Å². The largest absolute Gasteiger partial charge is 0.486 e. The Bertz CT molecular complexity index is 959. The van der Waals surface area contributed by atoms with E-state index in [1.165, 1.54) is 18.2 Å². The number of rotatable bonds is 5. The Hall–Kier alpha value is -3.32. The van der Waals surface area contributed by atoms with Crippen molar-refractivity contribution < 1.29 is 23.1 Å². The molecule has 27 heavy (non-hydrogen) atoms. The lowest BCUT2D eigenvalue weighted by molar-refractivity contribution is 0.0826. The summed E-state index contributed by atoms with van der Waals surface area (Å²) in [7, 11) is 0. The normalized spacial score (nSPS) is 10.3. The molecular formula is C19H14ClFN2O4. The molecule has 2 aromatic carbocycles. The minimum atomic E-state index is -0.822. The van der Waals surface area contributed by atoms with Crippen LogP contribution in [0.1, 0.15) is 26.7 Å². The number of nitrogens with one attached hydrogen (secondary N) is 2. The van der Waals surface area contributed by atoms with Gasteiger partial charge in [-0.25, -0.2) is 4.39 Å². The second-order valence-corrected chi connectivity index (χ2v) is 5.84. The quantitative estimate of drug-likeness (QED) is 0.653. The Labute approximate surface area is 158 Å². The van der Waals surface area contributed by atoms with Crippen LogP contribution in [0.15, 0.2) is 65.1 Å². The minimum Gasteiger partial charge on any atom is -0.486 e. The van der Waals surface area contributed by atoms with Gasteiger partial charge in [-0.1, -0.05) is 29.8 Å². The molecular weight excluding hydrogens is 375 g/mol. The minimum absolute atomic E-state index is 0.0291. The molecule has 0 spiro atoms. The molecule has 0 aliphatic heterocycles. The van der Waals surface area contributed by atoms with Crippen LogP contribution >= 0.6 is 11.6 Å². The molecule has 0 atom stereocenters. The average molecular weight is 389 g/mol. The van der Waals surface area contributed by atoms with Crippen molar-refractivity contribution in [2.45, 2.75) is 6.61 Å². The number of furan rings is 1. The molecule has 0 bridgehead atoms. The summed E-state index contributed by atoms with van der Waals surface area (Å²) in [5, 5.41) is 0.161. The molecule has 0 radical (unpaired) electrons. The van der Waals surface area contributed by atoms with Gasteiger partial charge < -0.3 is 9.15 Å². The maximum Gasteiger partial charge on any atom is 0.305 e. The predicted octanol–water partition coefficient (Wildman–Crippen LogP) is 3.73. The lowest BCUT2D eigenvalue weighted by Crippen LogP contribution is -2.41. The zero-order valence-electron chi connectivity index (χ0n) is 13.9. The van der Waals surface area contributed by atoms with E-state index >= 15 is 0 Å². The lowest BCUT2D eigenvalue weighted by Gasteiger charge is -2.07. The third-order valence-corrected chi connectivity index (χ3v) is 3.71. The fraction of sp³-hybridized carbons (Fsp3) is 0.0526. The summed E-state index contributed by atoms with van der Waals surface area (Å²) in [5.41, 5.74) is 4.01. The van der Waals surface area contributed by atoms with Crippen LogP contribution in [0.5, 0.6) is 5.75 Å². The van der Waals surface area contributed by atoms with Crippen LogP contribution in [0.2, 0.25) is 5.02 Å². The van der Waals surface area contributed by atoms with E-state index in [4.69, 9.17) is 20.8 Å². The lowest BCUT2D eigenvalue weighted by atomic mass is 10.2. The zero-order valence-corrected chi connectivity index (χ0v) is 14.6. The molecule has 0 saturated carbocycles. The van der Waals surface area contributed by atoms with Gasteiger partial charge in [0.15, 0.2) is 5.76 Å². The number of ether oxygens (including phenoxy) is 1. The first-order valence-electron chi connectivity index (χ1n) is 7.85. The fourth-order valence-electron chi connectivity index (χ4n) is 2.16. The van der Waals surface area contributed by atoms with E-state index in [2.05, 4.69) is 10.9 Å². The number of amides is 2. The van der Waals surface area contributed by atoms with Crippen LogP contribution < -0.4 is 15.6 Å². The maximum absolute atomic E-state index is 13.7. The summed E-state index contributed by atoms with van der Waals surface area (Å²) in [6.07, 6.45) is 0. The van der Waals surface area contributed by atoms with E-state index in [0.29, 0.717) is 11.5 Å². The summed E-state index contributed by atoms with van der Waals surface area (Å²) in [6, 6.07) is 15.7. The van der Waals surface area contributed by atoms with Gasteiger partial charge in [-0.05, 0) is 42.5 Å². The van der Waals surface area contributed by atoms with Crippen molar-refractivity contribution in [1.82, 2.24) is 10.9 Å². The molecule has 6 nitrogen and oxygen atoms in total. The molecule has 0 unspecified atom stereocenters. The van der Waals surface area contributed by atoms with Crippen LogP contribution in [0.25, 0.3) is 0 Å². The van der Waals surface area contributed by atoms with Gasteiger partial charge in [0.2, 0.25) is 0 Å². The fourth-order valence-corrected chi connectivity index (χ4v) is 2.32. The molecule has 1 heterocycles. The van der Waals surface area contributed by atoms with Crippen molar-refractivity contribution >= 4 is 23.4 Å². The summed E-state index contributed by atoms with van der Waals surface area (Å²) < 4.78 is 24.6. The van der Waals surface area contributed by atoms with Crippen molar-refractivity contribution in [3.8, 4) is 5.75 Å². The Morgan fingerprint density at radius 1 is 1.00 bits per heavy atom. The van der Waals surface area contributed by atoms with Crippen molar-refractivity contribution in [2.24, 2.45) is 0 Å². The smallest absolute Gasteiger partial charge is 0.305 e. The van der Waals surface area contributed by atoms with Gasteiger partial charge in [0, 0.05) is 5.02 Å². The first kappa shape index (κ1) is 18.5. The Morgan fingerprint density at radius 3 is 2.48 bits per heavy atom. The Kier molecular flexibility index (Phi) is 5.73. The van der Waals surface area contributed by atoms with Gasteiger partial charge >= 0.3 is 5.91 Å². The second-order valence-electron chi connectivity index (χ2n) is 5.40. The van der Waals surface area contributed by atoms with Crippen LogP contribution in [0, 0.1) is 5.82 Å². The molecule has 8 heteroatoms. The number of hydrazine groups is 1. The maximum atomic E-state index is 13.7. The van der Waals surface area contributed by atoms with Crippen LogP contribution in [-0.2, 0) is 6.61 Å². The summed E-state index contributed by atoms with van der Waals surface area (Å²) in [6.45, 7) is 0.139. The highest BCUT2D eigenvalue weighted by atomic mass is 35.5. The SMILES string of the molecule is O=C(NNC(=O)c1ccc(Cl)cc1F)c1ccc(COc2ccccc2)o1. The van der Waals surface area contributed by atoms with Gasteiger partial charge in [-0.2, -0.15) is 0 Å². The highest BCUT2D eigenvalue weighted by molar-refractivity contribution is 6.30. The number of carbonyl (C=O) groups excluding carboxylic acids is 2. The zero-order chi connectivity index (χ0) is 19.2. The highest BCUT2D eigenvalue weighted by Crippen LogP contribution is 2.15. The molecule has 3 rings (SSSR count). The molecule has 0 aliphatic rings. The number of para-hydroxylation sites is 1. The van der Waals surface area contributed by atoms with Crippen LogP contribution in [0.4, 0.5) is 4.39 Å². The predicted molar refractivity (Wildman–Crippen MR) is 95.8 cm³/mol. The summed E-state index contributed by atoms with van der Waals surface area (Å²) >= 11 is 5.63. The first-order valence-corrected chi connectivity index (χ1v) is 8.23. The highest BCUT2D eigenvalue weighted by Gasteiger charge is 2.15. The van der Waals surface area contributed by atoms with Crippen molar-refractivity contribution in [3.05, 3.63) is 88.6 Å².